The Bertz CT molecular complexity index is 1010. The number of anilines is 2. The molecular weight excluding hydrogens is 550 g/mol. The molecule has 0 saturated carbocycles. The summed E-state index contributed by atoms with van der Waals surface area (Å²) >= 11 is 8.17. The Kier molecular flexibility index (Phi) is 10.1. The van der Waals surface area contributed by atoms with Crippen molar-refractivity contribution in [1.29, 1.82) is 0 Å². The predicted molar refractivity (Wildman–Crippen MR) is 135 cm³/mol. The highest BCUT2D eigenvalue weighted by atomic mass is 79.9. The molecule has 1 fully saturated rings. The molecule has 35 heavy (non-hydrogen) atoms. The van der Waals surface area contributed by atoms with E-state index in [2.05, 4.69) is 41.2 Å². The number of aromatic nitrogens is 1. The van der Waals surface area contributed by atoms with Gasteiger partial charge in [0.15, 0.2) is 0 Å². The van der Waals surface area contributed by atoms with Gasteiger partial charge in [-0.05, 0) is 79.9 Å². The number of hydrogen-bond acceptors (Lipinski definition) is 6. The number of benzene rings is 1. The second-order valence-corrected chi connectivity index (χ2v) is 9.80. The number of nitrogens with one attached hydrogen (secondary N) is 2. The second kappa shape index (κ2) is 12.3. The molecule has 1 aliphatic heterocycles. The van der Waals surface area contributed by atoms with E-state index in [0.717, 1.165) is 36.2 Å². The predicted octanol–water partition coefficient (Wildman–Crippen LogP) is 6.01. The van der Waals surface area contributed by atoms with Crippen LogP contribution in [0.2, 0.25) is 0 Å². The van der Waals surface area contributed by atoms with E-state index in [9.17, 15) is 18.4 Å². The minimum absolute atomic E-state index is 0.109. The van der Waals surface area contributed by atoms with Crippen LogP contribution in [0.5, 0.6) is 5.75 Å². The number of carbonyl (C=O) groups excluding carboxylic acids is 2. The first kappa shape index (κ1) is 28.6. The number of ether oxygens (including phenoxy) is 2. The second-order valence-electron chi connectivity index (χ2n) is 8.50. The van der Waals surface area contributed by atoms with Crippen LogP contribution in [0.4, 0.5) is 25.1 Å². The summed E-state index contributed by atoms with van der Waals surface area (Å²) in [6, 6.07) is 7.17. The fourth-order valence-corrected chi connectivity index (χ4v) is 3.68. The first-order valence-corrected chi connectivity index (χ1v) is 11.9. The molecular formula is C23H28BrClF2N4O4. The summed E-state index contributed by atoms with van der Waals surface area (Å²) in [7, 11) is 1.54. The van der Waals surface area contributed by atoms with E-state index in [1.165, 1.54) is 37.5 Å². The molecule has 2 heterocycles. The lowest BCUT2D eigenvalue weighted by Crippen LogP contribution is -2.30. The molecule has 0 spiro atoms. The average Bonchev–Trinajstić information content (AvgIpc) is 3.28. The zero-order valence-corrected chi connectivity index (χ0v) is 22.2. The number of amides is 2. The molecule has 0 aliphatic carbocycles. The maximum atomic E-state index is 12.6. The number of halogens is 4. The van der Waals surface area contributed by atoms with Crippen molar-refractivity contribution < 1.29 is 27.8 Å². The van der Waals surface area contributed by atoms with Crippen molar-refractivity contribution in [3.63, 3.8) is 0 Å². The number of rotatable bonds is 5. The molecule has 1 aliphatic rings. The molecule has 2 N–H and O–H groups in total. The monoisotopic (exact) mass is 576 g/mol. The van der Waals surface area contributed by atoms with E-state index in [1.807, 2.05) is 20.8 Å². The SMILES string of the molecule is CNC(=O)OC(C)(C)C.O=C(Nc1ccc(OC(F)(F)Cl)cc1)c1cnc(N2CCCC2)c(Br)c1. The quantitative estimate of drug-likeness (QED) is 0.423. The molecule has 0 bridgehead atoms. The zero-order chi connectivity index (χ0) is 26.2. The van der Waals surface area contributed by atoms with Gasteiger partial charge in [0.2, 0.25) is 0 Å². The number of alkyl halides is 3. The summed E-state index contributed by atoms with van der Waals surface area (Å²) < 4.78 is 35.0. The summed E-state index contributed by atoms with van der Waals surface area (Å²) in [5.41, 5.74) is -3.35. The summed E-state index contributed by atoms with van der Waals surface area (Å²) in [5.74, 6) is 0.354. The van der Waals surface area contributed by atoms with Gasteiger partial charge in [-0.1, -0.05) is 0 Å². The lowest BCUT2D eigenvalue weighted by Gasteiger charge is -2.18. The van der Waals surface area contributed by atoms with Crippen LogP contribution in [-0.2, 0) is 4.74 Å². The standard InChI is InChI=1S/C17H15BrClF2N3O2.C6H13NO2/c18-14-9-11(10-22-15(14)24-7-1-2-8-24)16(25)23-12-3-5-13(6-4-12)26-17(19,20)21;1-6(2,3)9-5(8)7-4/h3-6,9-10H,1-2,7-8H2,(H,23,25);1-4H3,(H,7,8). The Morgan fingerprint density at radius 2 is 1.74 bits per heavy atom. The maximum absolute atomic E-state index is 12.6. The number of hydrogen-bond donors (Lipinski definition) is 2. The maximum Gasteiger partial charge on any atom is 0.487 e. The third kappa shape index (κ3) is 10.2. The molecule has 0 atom stereocenters. The molecule has 3 rings (SSSR count). The first-order chi connectivity index (χ1) is 16.3. The molecule has 0 radical (unpaired) electrons. The van der Waals surface area contributed by atoms with Crippen molar-refractivity contribution >= 4 is 51.0 Å². The normalized spacial score (nSPS) is 13.4. The van der Waals surface area contributed by atoms with E-state index >= 15 is 0 Å². The third-order valence-corrected chi connectivity index (χ3v) is 5.10. The minimum Gasteiger partial charge on any atom is -0.444 e. The zero-order valence-electron chi connectivity index (χ0n) is 19.8. The van der Waals surface area contributed by atoms with Crippen molar-refractivity contribution in [1.82, 2.24) is 10.3 Å². The first-order valence-electron chi connectivity index (χ1n) is 10.8. The summed E-state index contributed by atoms with van der Waals surface area (Å²) in [6.45, 7) is 7.37. The Balaban J connectivity index is 0.000000410. The lowest BCUT2D eigenvalue weighted by atomic mass is 10.2. The van der Waals surface area contributed by atoms with E-state index in [1.54, 1.807) is 6.07 Å². The van der Waals surface area contributed by atoms with Gasteiger partial charge in [-0.25, -0.2) is 9.78 Å². The van der Waals surface area contributed by atoms with Crippen LogP contribution < -0.4 is 20.3 Å². The molecule has 1 aromatic carbocycles. The number of alkyl carbamates (subject to hydrolysis) is 1. The Morgan fingerprint density at radius 3 is 2.20 bits per heavy atom. The molecule has 1 saturated heterocycles. The van der Waals surface area contributed by atoms with Crippen molar-refractivity contribution in [2.24, 2.45) is 0 Å². The van der Waals surface area contributed by atoms with Gasteiger partial charge in [0.25, 0.3) is 5.91 Å². The van der Waals surface area contributed by atoms with Crippen molar-refractivity contribution in [3.8, 4) is 5.75 Å². The summed E-state index contributed by atoms with van der Waals surface area (Å²) in [5, 5.41) is 5.04. The van der Waals surface area contributed by atoms with Gasteiger partial charge in [0.1, 0.15) is 17.2 Å². The molecule has 0 unspecified atom stereocenters. The van der Waals surface area contributed by atoms with E-state index in [4.69, 9.17) is 16.3 Å². The largest absolute Gasteiger partial charge is 0.487 e. The van der Waals surface area contributed by atoms with Crippen LogP contribution in [-0.4, -0.2) is 48.3 Å². The van der Waals surface area contributed by atoms with Crippen LogP contribution in [0.25, 0.3) is 0 Å². The van der Waals surface area contributed by atoms with Gasteiger partial charge in [-0.15, -0.1) is 8.78 Å². The number of nitrogens with zero attached hydrogens (tertiary/aromatic N) is 2. The van der Waals surface area contributed by atoms with Crippen molar-refractivity contribution in [2.45, 2.75) is 44.8 Å². The highest BCUT2D eigenvalue weighted by Gasteiger charge is 2.27. The fourth-order valence-electron chi connectivity index (χ4n) is 2.99. The molecule has 2 amide bonds. The van der Waals surface area contributed by atoms with Gasteiger partial charge in [-0.3, -0.25) is 4.79 Å². The Hall–Kier alpha value is -2.66. The topological polar surface area (TPSA) is 92.8 Å². The van der Waals surface area contributed by atoms with Gasteiger partial charge >= 0.3 is 11.7 Å². The van der Waals surface area contributed by atoms with Crippen LogP contribution in [0.15, 0.2) is 41.0 Å². The van der Waals surface area contributed by atoms with Gasteiger partial charge < -0.3 is 25.0 Å². The van der Waals surface area contributed by atoms with Gasteiger partial charge in [0.05, 0.1) is 10.0 Å². The van der Waals surface area contributed by atoms with E-state index in [0.29, 0.717) is 11.3 Å². The molecule has 1 aromatic heterocycles. The molecule has 12 heteroatoms. The number of carbonyl (C=O) groups is 2. The highest BCUT2D eigenvalue weighted by molar-refractivity contribution is 9.10. The smallest absolute Gasteiger partial charge is 0.444 e. The summed E-state index contributed by atoms with van der Waals surface area (Å²) in [4.78, 5) is 29.4. The molecule has 8 nitrogen and oxygen atoms in total. The van der Waals surface area contributed by atoms with Crippen LogP contribution in [0, 0.1) is 0 Å². The third-order valence-electron chi connectivity index (χ3n) is 4.44. The minimum atomic E-state index is -3.78. The van der Waals surface area contributed by atoms with Crippen LogP contribution in [0.3, 0.4) is 0 Å². The van der Waals surface area contributed by atoms with E-state index in [-0.39, 0.29) is 23.4 Å². The van der Waals surface area contributed by atoms with Crippen molar-refractivity contribution in [3.05, 3.63) is 46.6 Å². The molecule has 2 aromatic rings. The highest BCUT2D eigenvalue weighted by Crippen LogP contribution is 2.28. The Labute approximate surface area is 216 Å². The van der Waals surface area contributed by atoms with Gasteiger partial charge in [-0.2, -0.15) is 0 Å². The fraction of sp³-hybridized carbons (Fsp3) is 0.435. The average molecular weight is 578 g/mol. The van der Waals surface area contributed by atoms with Gasteiger partial charge in [0, 0.05) is 43.6 Å². The molecule has 192 valence electrons. The lowest BCUT2D eigenvalue weighted by molar-refractivity contribution is -0.0964. The Morgan fingerprint density at radius 1 is 1.14 bits per heavy atom. The van der Waals surface area contributed by atoms with Crippen molar-refractivity contribution in [2.75, 3.05) is 30.4 Å². The van der Waals surface area contributed by atoms with Crippen LogP contribution >= 0.6 is 27.5 Å². The van der Waals surface area contributed by atoms with Crippen LogP contribution in [0.1, 0.15) is 44.0 Å². The number of pyridine rings is 1. The summed E-state index contributed by atoms with van der Waals surface area (Å²) in [6.07, 6.45) is 3.39. The van der Waals surface area contributed by atoms with E-state index < -0.39 is 5.57 Å².